The molecule has 0 unspecified atom stereocenters. The molecule has 0 saturated carbocycles. The Morgan fingerprint density at radius 3 is 2.48 bits per heavy atom. The van der Waals surface area contributed by atoms with E-state index in [9.17, 15) is 18.4 Å². The van der Waals surface area contributed by atoms with Crippen LogP contribution in [0.25, 0.3) is 0 Å². The molecule has 0 spiro atoms. The summed E-state index contributed by atoms with van der Waals surface area (Å²) in [4.78, 5) is 23.8. The number of halogens is 3. The van der Waals surface area contributed by atoms with E-state index in [2.05, 4.69) is 5.32 Å². The van der Waals surface area contributed by atoms with Crippen molar-refractivity contribution in [1.29, 1.82) is 0 Å². The Morgan fingerprint density at radius 2 is 2.00 bits per heavy atom. The first-order chi connectivity index (χ1) is 9.72. The number of carboxylic acids is 1. The molecule has 5 nitrogen and oxygen atoms in total. The fourth-order valence-electron chi connectivity index (χ4n) is 1.65. The van der Waals surface area contributed by atoms with Gasteiger partial charge in [0.05, 0.1) is 17.1 Å². The van der Waals surface area contributed by atoms with Crippen molar-refractivity contribution in [2.45, 2.75) is 26.3 Å². The van der Waals surface area contributed by atoms with Gasteiger partial charge in [0, 0.05) is 18.7 Å². The zero-order valence-corrected chi connectivity index (χ0v) is 12.2. The van der Waals surface area contributed by atoms with Crippen LogP contribution in [0.3, 0.4) is 0 Å². The number of urea groups is 1. The van der Waals surface area contributed by atoms with Gasteiger partial charge in [-0.2, -0.15) is 0 Å². The fourth-order valence-corrected chi connectivity index (χ4v) is 1.89. The van der Waals surface area contributed by atoms with Crippen molar-refractivity contribution < 1.29 is 23.5 Å². The van der Waals surface area contributed by atoms with E-state index in [1.807, 2.05) is 0 Å². The van der Waals surface area contributed by atoms with Gasteiger partial charge in [0.15, 0.2) is 5.82 Å². The maximum atomic E-state index is 13.6. The summed E-state index contributed by atoms with van der Waals surface area (Å²) in [7, 11) is 0. The van der Waals surface area contributed by atoms with Gasteiger partial charge in [0.2, 0.25) is 0 Å². The molecule has 0 bridgehead atoms. The second kappa shape index (κ2) is 7.21. The van der Waals surface area contributed by atoms with Crippen molar-refractivity contribution in [3.05, 3.63) is 28.8 Å². The molecule has 0 heterocycles. The van der Waals surface area contributed by atoms with Crippen LogP contribution in [0.15, 0.2) is 12.1 Å². The van der Waals surface area contributed by atoms with E-state index in [0.29, 0.717) is 6.07 Å². The molecule has 0 aliphatic heterocycles. The molecule has 2 amide bonds. The SMILES string of the molecule is CC(C)N(CCC(=O)O)C(=O)Nc1c(F)cc(F)cc1Cl. The summed E-state index contributed by atoms with van der Waals surface area (Å²) in [5.41, 5.74) is -0.343. The number of rotatable bonds is 5. The van der Waals surface area contributed by atoms with Gasteiger partial charge in [-0.15, -0.1) is 0 Å². The van der Waals surface area contributed by atoms with E-state index >= 15 is 0 Å². The van der Waals surface area contributed by atoms with Gasteiger partial charge in [-0.05, 0) is 19.9 Å². The first-order valence-corrected chi connectivity index (χ1v) is 6.54. The number of amides is 2. The van der Waals surface area contributed by atoms with E-state index < -0.39 is 23.6 Å². The quantitative estimate of drug-likeness (QED) is 0.874. The summed E-state index contributed by atoms with van der Waals surface area (Å²) in [5, 5.41) is 10.6. The van der Waals surface area contributed by atoms with Crippen LogP contribution in [-0.2, 0) is 4.79 Å². The monoisotopic (exact) mass is 320 g/mol. The molecule has 1 rings (SSSR count). The highest BCUT2D eigenvalue weighted by Gasteiger charge is 2.20. The third-order valence-corrected chi connectivity index (χ3v) is 2.99. The summed E-state index contributed by atoms with van der Waals surface area (Å²) >= 11 is 5.68. The Bertz CT molecular complexity index is 529. The second-order valence-electron chi connectivity index (χ2n) is 4.61. The molecule has 0 atom stereocenters. The van der Waals surface area contributed by atoms with Crippen molar-refractivity contribution in [3.63, 3.8) is 0 Å². The van der Waals surface area contributed by atoms with Crippen LogP contribution in [0.4, 0.5) is 19.3 Å². The van der Waals surface area contributed by atoms with E-state index in [1.165, 1.54) is 4.90 Å². The topological polar surface area (TPSA) is 69.6 Å². The van der Waals surface area contributed by atoms with Crippen molar-refractivity contribution in [3.8, 4) is 0 Å². The first-order valence-electron chi connectivity index (χ1n) is 6.16. The van der Waals surface area contributed by atoms with Gasteiger partial charge < -0.3 is 15.3 Å². The Kier molecular flexibility index (Phi) is 5.90. The fraction of sp³-hybridized carbons (Fsp3) is 0.385. The summed E-state index contributed by atoms with van der Waals surface area (Å²) < 4.78 is 26.5. The van der Waals surface area contributed by atoms with Crippen LogP contribution in [0.5, 0.6) is 0 Å². The molecule has 1 aromatic rings. The lowest BCUT2D eigenvalue weighted by Gasteiger charge is -2.26. The lowest BCUT2D eigenvalue weighted by atomic mass is 10.2. The number of aliphatic carboxylic acids is 1. The zero-order chi connectivity index (χ0) is 16.2. The van der Waals surface area contributed by atoms with Gasteiger partial charge in [0.25, 0.3) is 0 Å². The van der Waals surface area contributed by atoms with E-state index in [-0.39, 0.29) is 29.7 Å². The number of anilines is 1. The Labute approximate surface area is 125 Å². The summed E-state index contributed by atoms with van der Waals surface area (Å²) in [6.07, 6.45) is -0.245. The van der Waals surface area contributed by atoms with Crippen LogP contribution >= 0.6 is 11.6 Å². The van der Waals surface area contributed by atoms with Crippen LogP contribution in [0.1, 0.15) is 20.3 Å². The van der Waals surface area contributed by atoms with Gasteiger partial charge >= 0.3 is 12.0 Å². The number of hydrogen-bond acceptors (Lipinski definition) is 2. The number of benzene rings is 1. The average Bonchev–Trinajstić information content (AvgIpc) is 2.33. The molecule has 2 N–H and O–H groups in total. The highest BCUT2D eigenvalue weighted by molar-refractivity contribution is 6.33. The standard InChI is InChI=1S/C13H15ClF2N2O3/c1-7(2)18(4-3-11(19)20)13(21)17-12-9(14)5-8(15)6-10(12)16/h5-7H,3-4H2,1-2H3,(H,17,21)(H,19,20). The lowest BCUT2D eigenvalue weighted by Crippen LogP contribution is -2.41. The third-order valence-electron chi connectivity index (χ3n) is 2.69. The highest BCUT2D eigenvalue weighted by atomic mass is 35.5. The molecule has 0 aliphatic carbocycles. The van der Waals surface area contributed by atoms with Gasteiger partial charge in [-0.1, -0.05) is 11.6 Å². The Balaban J connectivity index is 2.89. The van der Waals surface area contributed by atoms with Gasteiger partial charge in [0.1, 0.15) is 5.82 Å². The van der Waals surface area contributed by atoms with E-state index in [1.54, 1.807) is 13.8 Å². The molecule has 0 aromatic heterocycles. The van der Waals surface area contributed by atoms with Crippen LogP contribution < -0.4 is 5.32 Å². The maximum absolute atomic E-state index is 13.6. The molecule has 21 heavy (non-hydrogen) atoms. The predicted octanol–water partition coefficient (Wildman–Crippen LogP) is 3.34. The number of nitrogens with one attached hydrogen (secondary N) is 1. The number of carbonyl (C=O) groups excluding carboxylic acids is 1. The smallest absolute Gasteiger partial charge is 0.322 e. The molecule has 8 heteroatoms. The van der Waals surface area contributed by atoms with Crippen LogP contribution in [0.2, 0.25) is 5.02 Å². The van der Waals surface area contributed by atoms with E-state index in [0.717, 1.165) is 6.07 Å². The van der Waals surface area contributed by atoms with Gasteiger partial charge in [-0.25, -0.2) is 13.6 Å². The normalized spacial score (nSPS) is 10.6. The first kappa shape index (κ1) is 17.2. The minimum atomic E-state index is -1.06. The minimum Gasteiger partial charge on any atom is -0.481 e. The Morgan fingerprint density at radius 1 is 1.38 bits per heavy atom. The van der Waals surface area contributed by atoms with Crippen molar-refractivity contribution in [2.75, 3.05) is 11.9 Å². The van der Waals surface area contributed by atoms with Crippen molar-refractivity contribution in [1.82, 2.24) is 4.90 Å². The molecular weight excluding hydrogens is 306 g/mol. The lowest BCUT2D eigenvalue weighted by molar-refractivity contribution is -0.137. The number of carbonyl (C=O) groups is 2. The molecule has 0 aliphatic rings. The highest BCUT2D eigenvalue weighted by Crippen LogP contribution is 2.26. The summed E-state index contributed by atoms with van der Waals surface area (Å²) in [5.74, 6) is -2.92. The molecule has 0 radical (unpaired) electrons. The van der Waals surface area contributed by atoms with Crippen molar-refractivity contribution >= 4 is 29.3 Å². The molecule has 116 valence electrons. The summed E-state index contributed by atoms with van der Waals surface area (Å²) in [6, 6.07) is 0.459. The zero-order valence-electron chi connectivity index (χ0n) is 11.5. The number of nitrogens with zero attached hydrogens (tertiary/aromatic N) is 1. The molecule has 1 aromatic carbocycles. The summed E-state index contributed by atoms with van der Waals surface area (Å²) in [6.45, 7) is 3.33. The number of carboxylic acid groups (broad SMARTS) is 1. The van der Waals surface area contributed by atoms with Crippen LogP contribution in [0, 0.1) is 11.6 Å². The minimum absolute atomic E-state index is 0.0424. The van der Waals surface area contributed by atoms with Gasteiger partial charge in [-0.3, -0.25) is 4.79 Å². The molecular formula is C13H15ClF2N2O3. The number of hydrogen-bond donors (Lipinski definition) is 2. The maximum Gasteiger partial charge on any atom is 0.322 e. The molecule has 0 fully saturated rings. The van der Waals surface area contributed by atoms with Crippen LogP contribution in [-0.4, -0.2) is 34.6 Å². The largest absolute Gasteiger partial charge is 0.481 e. The second-order valence-corrected chi connectivity index (χ2v) is 5.01. The predicted molar refractivity (Wildman–Crippen MR) is 74.5 cm³/mol. The average molecular weight is 321 g/mol. The Hall–Kier alpha value is -1.89. The van der Waals surface area contributed by atoms with E-state index in [4.69, 9.17) is 16.7 Å². The van der Waals surface area contributed by atoms with Crippen molar-refractivity contribution in [2.24, 2.45) is 0 Å². The third kappa shape index (κ3) is 4.86. The molecule has 0 saturated heterocycles.